The van der Waals surface area contributed by atoms with Crippen molar-refractivity contribution in [2.45, 2.75) is 103 Å². The topological polar surface area (TPSA) is 137 Å². The fraction of sp³-hybridized carbons (Fsp3) is 0.423. The maximum absolute atomic E-state index is 12.2. The quantitative estimate of drug-likeness (QED) is 0.0283. The third-order valence-corrected chi connectivity index (χ3v) is 10.0. The normalized spacial score (nSPS) is 11.9. The molecule has 4 aromatic rings. The zero-order valence-corrected chi connectivity index (χ0v) is 36.4. The number of nitrogens with zero attached hydrogens (tertiary/aromatic N) is 2. The number of hydrogen-bond acceptors (Lipinski definition) is 10. The van der Waals surface area contributed by atoms with Gasteiger partial charge in [-0.2, -0.15) is 10.5 Å². The minimum Gasteiger partial charge on any atom is -0.494 e. The van der Waals surface area contributed by atoms with E-state index in [1.807, 2.05) is 97.1 Å². The van der Waals surface area contributed by atoms with Gasteiger partial charge in [-0.25, -0.2) is 9.59 Å². The highest BCUT2D eigenvalue weighted by Gasteiger charge is 2.11. The van der Waals surface area contributed by atoms with Gasteiger partial charge in [0.15, 0.2) is 0 Å². The summed E-state index contributed by atoms with van der Waals surface area (Å²) in [6.45, 7) is 6.62. The monoisotopic (exact) mass is 842 g/mol. The number of rotatable bonds is 30. The summed E-state index contributed by atoms with van der Waals surface area (Å²) in [6.07, 6.45) is 14.2. The van der Waals surface area contributed by atoms with E-state index in [4.69, 9.17) is 38.9 Å². The van der Waals surface area contributed by atoms with Gasteiger partial charge in [0, 0.05) is 25.4 Å². The number of carbonyl (C=O) groups is 2. The van der Waals surface area contributed by atoms with E-state index in [-0.39, 0.29) is 6.61 Å². The van der Waals surface area contributed by atoms with Crippen molar-refractivity contribution in [2.24, 2.45) is 0 Å². The highest BCUT2D eigenvalue weighted by Crippen LogP contribution is 2.24. The Kier molecular flexibility index (Phi) is 23.1. The summed E-state index contributed by atoms with van der Waals surface area (Å²) >= 11 is 0. The molecule has 0 aliphatic heterocycles. The molecule has 328 valence electrons. The Morgan fingerprint density at radius 1 is 0.452 bits per heavy atom. The molecule has 0 fully saturated rings. The van der Waals surface area contributed by atoms with E-state index in [1.165, 1.54) is 25.7 Å². The van der Waals surface area contributed by atoms with Crippen LogP contribution in [0.4, 0.5) is 0 Å². The lowest BCUT2D eigenvalue weighted by Gasteiger charge is -2.13. The summed E-state index contributed by atoms with van der Waals surface area (Å²) in [5.74, 6) is 0.461. The lowest BCUT2D eigenvalue weighted by atomic mass is 10.0. The Morgan fingerprint density at radius 3 is 1.06 bits per heavy atom. The first-order chi connectivity index (χ1) is 30.3. The van der Waals surface area contributed by atoms with E-state index >= 15 is 0 Å². The van der Waals surface area contributed by atoms with Crippen molar-refractivity contribution in [3.8, 4) is 45.9 Å². The Labute approximate surface area is 368 Å². The molecule has 4 aromatic carbocycles. The van der Waals surface area contributed by atoms with E-state index in [9.17, 15) is 9.59 Å². The van der Waals surface area contributed by atoms with Crippen LogP contribution < -0.4 is 9.47 Å². The maximum atomic E-state index is 12.2. The molecule has 0 saturated heterocycles. The molecule has 2 atom stereocenters. The summed E-state index contributed by atoms with van der Waals surface area (Å²) in [5, 5.41) is 17.9. The van der Waals surface area contributed by atoms with Crippen LogP contribution in [-0.4, -0.2) is 63.8 Å². The highest BCUT2D eigenvalue weighted by molar-refractivity contribution is 5.91. The Bertz CT molecular complexity index is 1980. The summed E-state index contributed by atoms with van der Waals surface area (Å²) in [7, 11) is 0. The zero-order chi connectivity index (χ0) is 44.0. The van der Waals surface area contributed by atoms with Gasteiger partial charge in [-0.05, 0) is 117 Å². The van der Waals surface area contributed by atoms with Crippen LogP contribution in [-0.2, 0) is 28.5 Å². The van der Waals surface area contributed by atoms with Gasteiger partial charge in [0.25, 0.3) is 0 Å². The standard InChI is InChI=1S/C52H62N2O8/c1-41(39-57-33-11-7-5-3-4-6-8-13-35-59-49-27-23-47(24-28-49)45-19-15-43(37-53)16-20-45)61-51(55)31-32-52(56)62-42(2)40-58-34-12-9-10-14-36-60-50-29-25-48(26-30-50)46-21-17-44(38-54)18-22-46/h15-32,41-42H,3-14,33-36,39-40H2,1-2H3/b32-31+/t41-,42-/m1/s1. The lowest BCUT2D eigenvalue weighted by molar-refractivity contribution is -0.147. The third kappa shape index (κ3) is 20.1. The van der Waals surface area contributed by atoms with Gasteiger partial charge in [0.1, 0.15) is 23.7 Å². The van der Waals surface area contributed by atoms with Crippen molar-refractivity contribution < 1.29 is 38.0 Å². The number of ether oxygens (including phenoxy) is 6. The molecule has 0 radical (unpaired) electrons. The van der Waals surface area contributed by atoms with Crippen LogP contribution in [0.15, 0.2) is 109 Å². The van der Waals surface area contributed by atoms with Crippen LogP contribution in [0.5, 0.6) is 11.5 Å². The zero-order valence-electron chi connectivity index (χ0n) is 36.4. The van der Waals surface area contributed by atoms with Gasteiger partial charge >= 0.3 is 11.9 Å². The van der Waals surface area contributed by atoms with E-state index < -0.39 is 24.1 Å². The largest absolute Gasteiger partial charge is 0.494 e. The van der Waals surface area contributed by atoms with Crippen LogP contribution >= 0.6 is 0 Å². The Balaban J connectivity index is 0.887. The second-order valence-electron chi connectivity index (χ2n) is 15.3. The molecule has 10 heteroatoms. The molecule has 0 N–H and O–H groups in total. The van der Waals surface area contributed by atoms with Gasteiger partial charge in [0.2, 0.25) is 0 Å². The molecule has 0 bridgehead atoms. The smallest absolute Gasteiger partial charge is 0.331 e. The molecule has 0 saturated carbocycles. The first kappa shape index (κ1) is 48.7. The number of hydrogen-bond donors (Lipinski definition) is 0. The van der Waals surface area contributed by atoms with Crippen molar-refractivity contribution in [1.29, 1.82) is 10.5 Å². The molecular formula is C52H62N2O8. The molecule has 0 spiro atoms. The fourth-order valence-corrected chi connectivity index (χ4v) is 6.55. The van der Waals surface area contributed by atoms with Gasteiger partial charge in [-0.1, -0.05) is 93.5 Å². The first-order valence-electron chi connectivity index (χ1n) is 22.0. The number of unbranched alkanes of at least 4 members (excludes halogenated alkanes) is 10. The molecule has 0 aliphatic carbocycles. The average Bonchev–Trinajstić information content (AvgIpc) is 3.29. The van der Waals surface area contributed by atoms with Gasteiger partial charge < -0.3 is 28.4 Å². The molecule has 0 aromatic heterocycles. The minimum atomic E-state index is -0.625. The van der Waals surface area contributed by atoms with Crippen molar-refractivity contribution in [3.63, 3.8) is 0 Å². The molecule has 0 unspecified atom stereocenters. The number of esters is 2. The lowest BCUT2D eigenvalue weighted by Crippen LogP contribution is -2.21. The second-order valence-corrected chi connectivity index (χ2v) is 15.3. The summed E-state index contributed by atoms with van der Waals surface area (Å²) in [5.41, 5.74) is 5.62. The van der Waals surface area contributed by atoms with E-state index in [0.717, 1.165) is 97.3 Å². The number of carbonyl (C=O) groups excluding carboxylic acids is 2. The molecular weight excluding hydrogens is 781 g/mol. The average molecular weight is 843 g/mol. The minimum absolute atomic E-state index is 0.275. The van der Waals surface area contributed by atoms with Crippen LogP contribution in [0, 0.1) is 22.7 Å². The molecule has 0 aliphatic rings. The fourth-order valence-electron chi connectivity index (χ4n) is 6.55. The maximum Gasteiger partial charge on any atom is 0.331 e. The van der Waals surface area contributed by atoms with E-state index in [0.29, 0.717) is 44.2 Å². The van der Waals surface area contributed by atoms with Gasteiger partial charge in [-0.3, -0.25) is 0 Å². The predicted molar refractivity (Wildman–Crippen MR) is 241 cm³/mol. The van der Waals surface area contributed by atoms with E-state index in [2.05, 4.69) is 12.1 Å². The molecule has 0 heterocycles. The Morgan fingerprint density at radius 2 is 0.742 bits per heavy atom. The van der Waals surface area contributed by atoms with Crippen LogP contribution in [0.1, 0.15) is 102 Å². The van der Waals surface area contributed by atoms with Crippen LogP contribution in [0.2, 0.25) is 0 Å². The Hall–Kier alpha value is -5.94. The summed E-state index contributed by atoms with van der Waals surface area (Å²) in [4.78, 5) is 24.3. The van der Waals surface area contributed by atoms with E-state index in [1.54, 1.807) is 13.8 Å². The molecule has 4 rings (SSSR count). The van der Waals surface area contributed by atoms with Crippen molar-refractivity contribution in [1.82, 2.24) is 0 Å². The van der Waals surface area contributed by atoms with Crippen LogP contribution in [0.25, 0.3) is 22.3 Å². The molecule has 0 amide bonds. The highest BCUT2D eigenvalue weighted by atomic mass is 16.6. The summed E-state index contributed by atoms with van der Waals surface area (Å²) < 4.78 is 33.8. The molecule has 62 heavy (non-hydrogen) atoms. The summed E-state index contributed by atoms with van der Waals surface area (Å²) in [6, 6.07) is 35.4. The number of benzene rings is 4. The van der Waals surface area contributed by atoms with Gasteiger partial charge in [-0.15, -0.1) is 0 Å². The van der Waals surface area contributed by atoms with Crippen molar-refractivity contribution in [3.05, 3.63) is 120 Å². The van der Waals surface area contributed by atoms with Crippen molar-refractivity contribution >= 4 is 11.9 Å². The van der Waals surface area contributed by atoms with Crippen LogP contribution in [0.3, 0.4) is 0 Å². The van der Waals surface area contributed by atoms with Gasteiger partial charge in [0.05, 0.1) is 49.7 Å². The predicted octanol–water partition coefficient (Wildman–Crippen LogP) is 11.4. The third-order valence-electron chi connectivity index (χ3n) is 10.0. The first-order valence-corrected chi connectivity index (χ1v) is 22.0. The number of nitriles is 2. The SMILES string of the molecule is C[C@H](COCCCCCCCCCCOc1ccc(-c2ccc(C#N)cc2)cc1)OC(=O)/C=C/C(=O)O[C@H](C)COCCCCCCOc1ccc(-c2ccc(C#N)cc2)cc1. The van der Waals surface area contributed by atoms with Crippen molar-refractivity contribution in [2.75, 3.05) is 39.6 Å². The second kappa shape index (κ2) is 29.3. The molecule has 10 nitrogen and oxygen atoms in total.